The monoisotopic (exact) mass is 321 g/mol. The lowest BCUT2D eigenvalue weighted by atomic mass is 10.0. The normalized spacial score (nSPS) is 23.6. The first kappa shape index (κ1) is 16.2. The van der Waals surface area contributed by atoms with Gasteiger partial charge in [0.05, 0.1) is 6.67 Å². The molecule has 23 heavy (non-hydrogen) atoms. The molecule has 0 bridgehead atoms. The fraction of sp³-hybridized carbons (Fsp3) is 0.647. The number of halogens is 1. The van der Waals surface area contributed by atoms with Gasteiger partial charge in [-0.25, -0.2) is 0 Å². The van der Waals surface area contributed by atoms with Gasteiger partial charge in [0.2, 0.25) is 5.91 Å². The van der Waals surface area contributed by atoms with Crippen LogP contribution in [0.2, 0.25) is 0 Å². The molecule has 2 fully saturated rings. The van der Waals surface area contributed by atoms with Gasteiger partial charge in [-0.1, -0.05) is 6.07 Å². The standard InChI is InChI=1S/C17H24FN3O2/c18-12-14-11-17(23)21(13-14)15-4-7-19(8-5-15)9-10-20-6-2-1-3-16(20)22/h1-3,6,14-15H,4-5,7-13H2. The smallest absolute Gasteiger partial charge is 0.250 e. The Labute approximate surface area is 135 Å². The number of hydrogen-bond donors (Lipinski definition) is 0. The predicted molar refractivity (Wildman–Crippen MR) is 86.0 cm³/mol. The molecule has 3 rings (SSSR count). The summed E-state index contributed by atoms with van der Waals surface area (Å²) < 4.78 is 14.5. The number of alkyl halides is 1. The topological polar surface area (TPSA) is 45.6 Å². The number of aromatic nitrogens is 1. The number of carbonyl (C=O) groups is 1. The number of carbonyl (C=O) groups excluding carboxylic acids is 1. The molecule has 2 saturated heterocycles. The zero-order chi connectivity index (χ0) is 16.2. The maximum atomic E-state index is 12.8. The number of piperidine rings is 1. The number of amides is 1. The molecule has 126 valence electrons. The highest BCUT2D eigenvalue weighted by molar-refractivity contribution is 5.79. The van der Waals surface area contributed by atoms with Crippen LogP contribution in [0.5, 0.6) is 0 Å². The van der Waals surface area contributed by atoms with E-state index in [0.717, 1.165) is 32.5 Å². The van der Waals surface area contributed by atoms with Crippen LogP contribution >= 0.6 is 0 Å². The second-order valence-electron chi connectivity index (χ2n) is 6.58. The van der Waals surface area contributed by atoms with Gasteiger partial charge in [-0.05, 0) is 18.9 Å². The first-order valence-corrected chi connectivity index (χ1v) is 8.40. The van der Waals surface area contributed by atoms with Crippen molar-refractivity contribution in [1.29, 1.82) is 0 Å². The molecule has 3 heterocycles. The molecule has 0 N–H and O–H groups in total. The third-order valence-electron chi connectivity index (χ3n) is 5.01. The second-order valence-corrected chi connectivity index (χ2v) is 6.58. The zero-order valence-electron chi connectivity index (χ0n) is 13.4. The zero-order valence-corrected chi connectivity index (χ0v) is 13.4. The van der Waals surface area contributed by atoms with Gasteiger partial charge in [0.25, 0.3) is 5.56 Å². The van der Waals surface area contributed by atoms with E-state index in [1.807, 2.05) is 17.2 Å². The van der Waals surface area contributed by atoms with Crippen molar-refractivity contribution in [2.45, 2.75) is 31.8 Å². The van der Waals surface area contributed by atoms with Crippen LogP contribution in [0.25, 0.3) is 0 Å². The highest BCUT2D eigenvalue weighted by Crippen LogP contribution is 2.25. The van der Waals surface area contributed by atoms with Crippen molar-refractivity contribution in [2.24, 2.45) is 5.92 Å². The Balaban J connectivity index is 1.46. The Morgan fingerprint density at radius 2 is 1.91 bits per heavy atom. The van der Waals surface area contributed by atoms with E-state index in [-0.39, 0.29) is 23.4 Å². The number of likely N-dealkylation sites (tertiary alicyclic amines) is 2. The summed E-state index contributed by atoms with van der Waals surface area (Å²) in [7, 11) is 0. The van der Waals surface area contributed by atoms with Crippen LogP contribution in [0, 0.1) is 5.92 Å². The molecule has 1 amide bonds. The molecule has 2 aliphatic rings. The average Bonchev–Trinajstić information content (AvgIpc) is 2.96. The van der Waals surface area contributed by atoms with Gasteiger partial charge in [-0.2, -0.15) is 0 Å². The molecule has 6 heteroatoms. The minimum absolute atomic E-state index is 0.0299. The fourth-order valence-corrected chi connectivity index (χ4v) is 3.61. The molecule has 0 saturated carbocycles. The molecule has 1 atom stereocenters. The summed E-state index contributed by atoms with van der Waals surface area (Å²) in [6, 6.07) is 5.46. The number of hydrogen-bond acceptors (Lipinski definition) is 3. The Hall–Kier alpha value is -1.69. The van der Waals surface area contributed by atoms with Crippen LogP contribution < -0.4 is 5.56 Å². The number of nitrogens with zero attached hydrogens (tertiary/aromatic N) is 3. The van der Waals surface area contributed by atoms with E-state index < -0.39 is 6.67 Å². The van der Waals surface area contributed by atoms with Gasteiger partial charge < -0.3 is 14.4 Å². The van der Waals surface area contributed by atoms with Gasteiger partial charge in [-0.15, -0.1) is 0 Å². The molecule has 0 spiro atoms. The van der Waals surface area contributed by atoms with E-state index in [4.69, 9.17) is 0 Å². The first-order valence-electron chi connectivity index (χ1n) is 8.40. The Kier molecular flexibility index (Phi) is 5.10. The quantitative estimate of drug-likeness (QED) is 0.817. The Morgan fingerprint density at radius 3 is 2.57 bits per heavy atom. The van der Waals surface area contributed by atoms with Gasteiger partial charge >= 0.3 is 0 Å². The van der Waals surface area contributed by atoms with E-state index in [1.54, 1.807) is 16.7 Å². The highest BCUT2D eigenvalue weighted by Gasteiger charge is 2.35. The summed E-state index contributed by atoms with van der Waals surface area (Å²) in [6.07, 6.45) is 4.06. The molecule has 1 aromatic heterocycles. The fourth-order valence-electron chi connectivity index (χ4n) is 3.61. The third-order valence-corrected chi connectivity index (χ3v) is 5.01. The molecular formula is C17H24FN3O2. The number of rotatable bonds is 5. The number of pyridine rings is 1. The van der Waals surface area contributed by atoms with Gasteiger partial charge in [0.1, 0.15) is 0 Å². The second kappa shape index (κ2) is 7.25. The summed E-state index contributed by atoms with van der Waals surface area (Å²) in [5.74, 6) is 0.00687. The lowest BCUT2D eigenvalue weighted by molar-refractivity contribution is -0.130. The molecule has 2 aliphatic heterocycles. The van der Waals surface area contributed by atoms with Crippen molar-refractivity contribution in [1.82, 2.24) is 14.4 Å². The molecule has 1 aromatic rings. The van der Waals surface area contributed by atoms with E-state index in [2.05, 4.69) is 4.90 Å². The summed E-state index contributed by atoms with van der Waals surface area (Å²) in [5, 5.41) is 0. The molecule has 0 aliphatic carbocycles. The minimum Gasteiger partial charge on any atom is -0.339 e. The summed E-state index contributed by atoms with van der Waals surface area (Å²) in [5.41, 5.74) is 0.0299. The van der Waals surface area contributed by atoms with Crippen LogP contribution in [0.1, 0.15) is 19.3 Å². The van der Waals surface area contributed by atoms with Crippen LogP contribution in [-0.4, -0.2) is 59.2 Å². The van der Waals surface area contributed by atoms with E-state index in [1.165, 1.54) is 0 Å². The maximum absolute atomic E-state index is 12.8. The lowest BCUT2D eigenvalue weighted by Crippen LogP contribution is -2.46. The van der Waals surface area contributed by atoms with Crippen molar-refractivity contribution in [2.75, 3.05) is 32.9 Å². The van der Waals surface area contributed by atoms with Gasteiger partial charge in [-0.3, -0.25) is 14.0 Å². The highest BCUT2D eigenvalue weighted by atomic mass is 19.1. The van der Waals surface area contributed by atoms with Gasteiger partial charge in [0, 0.05) is 63.4 Å². The SMILES string of the molecule is O=C1CC(CF)CN1C1CCN(CCn2ccccc2=O)CC1. The molecule has 0 aromatic carbocycles. The van der Waals surface area contributed by atoms with Crippen molar-refractivity contribution >= 4 is 5.91 Å². The Bertz CT molecular complexity index is 596. The molecule has 0 radical (unpaired) electrons. The molecule has 1 unspecified atom stereocenters. The van der Waals surface area contributed by atoms with E-state index >= 15 is 0 Å². The van der Waals surface area contributed by atoms with Crippen LogP contribution in [-0.2, 0) is 11.3 Å². The lowest BCUT2D eigenvalue weighted by Gasteiger charge is -2.36. The maximum Gasteiger partial charge on any atom is 0.250 e. The summed E-state index contributed by atoms with van der Waals surface area (Å²) >= 11 is 0. The first-order chi connectivity index (χ1) is 11.2. The van der Waals surface area contributed by atoms with Crippen molar-refractivity contribution in [3.63, 3.8) is 0 Å². The van der Waals surface area contributed by atoms with Crippen molar-refractivity contribution < 1.29 is 9.18 Å². The van der Waals surface area contributed by atoms with Crippen LogP contribution in [0.4, 0.5) is 4.39 Å². The van der Waals surface area contributed by atoms with Crippen LogP contribution in [0.3, 0.4) is 0 Å². The van der Waals surface area contributed by atoms with Crippen LogP contribution in [0.15, 0.2) is 29.2 Å². The van der Waals surface area contributed by atoms with Gasteiger partial charge in [0.15, 0.2) is 0 Å². The van der Waals surface area contributed by atoms with Crippen molar-refractivity contribution in [3.8, 4) is 0 Å². The van der Waals surface area contributed by atoms with E-state index in [9.17, 15) is 14.0 Å². The Morgan fingerprint density at radius 1 is 1.13 bits per heavy atom. The third kappa shape index (κ3) is 3.80. The predicted octanol–water partition coefficient (Wildman–Crippen LogP) is 1.13. The van der Waals surface area contributed by atoms with Crippen molar-refractivity contribution in [3.05, 3.63) is 34.7 Å². The summed E-state index contributed by atoms with van der Waals surface area (Å²) in [4.78, 5) is 27.9. The van der Waals surface area contributed by atoms with E-state index in [0.29, 0.717) is 19.5 Å². The largest absolute Gasteiger partial charge is 0.339 e. The molecular weight excluding hydrogens is 297 g/mol. The molecule has 5 nitrogen and oxygen atoms in total. The summed E-state index contributed by atoms with van der Waals surface area (Å²) in [6.45, 7) is 3.58. The average molecular weight is 321 g/mol. The minimum atomic E-state index is -0.396.